The molecule has 0 radical (unpaired) electrons. The topological polar surface area (TPSA) is 171 Å². The van der Waals surface area contributed by atoms with Gasteiger partial charge in [0.25, 0.3) is 5.91 Å². The normalized spacial score (nSPS) is 32.9. The second-order valence-corrected chi connectivity index (χ2v) is 18.8. The summed E-state index contributed by atoms with van der Waals surface area (Å²) in [6, 6.07) is 11.1. The first-order chi connectivity index (χ1) is 29.0. The molecule has 334 valence electrons. The molecule has 1 aliphatic carbocycles. The Bertz CT molecular complexity index is 2120. The van der Waals surface area contributed by atoms with Crippen molar-refractivity contribution in [1.82, 2.24) is 20.1 Å². The predicted octanol–water partition coefficient (Wildman–Crippen LogP) is 4.06. The number of nitrogens with one attached hydrogen (secondary N) is 2. The van der Waals surface area contributed by atoms with Gasteiger partial charge in [-0.3, -0.25) is 14.5 Å². The number of likely N-dealkylation sites (N-methyl/N-ethyl adjacent to an activating group) is 2. The molecule has 1 fully saturated rings. The maximum absolute atomic E-state index is 15.2. The third kappa shape index (κ3) is 7.56. The first-order valence-corrected chi connectivity index (χ1v) is 22.4. The quantitative estimate of drug-likeness (QED) is 0.143. The lowest BCUT2D eigenvalue weighted by Crippen LogP contribution is -2.77. The van der Waals surface area contributed by atoms with E-state index in [0.717, 1.165) is 34.1 Å². The minimum atomic E-state index is -2.27. The van der Waals surface area contributed by atoms with E-state index in [9.17, 15) is 25.2 Å². The van der Waals surface area contributed by atoms with Crippen molar-refractivity contribution in [3.63, 3.8) is 0 Å². The van der Waals surface area contributed by atoms with E-state index < -0.39 is 52.2 Å². The van der Waals surface area contributed by atoms with Crippen LogP contribution in [0.3, 0.4) is 0 Å². The van der Waals surface area contributed by atoms with Crippen LogP contribution in [0.5, 0.6) is 5.75 Å². The van der Waals surface area contributed by atoms with Crippen molar-refractivity contribution in [2.75, 3.05) is 65.9 Å². The molecule has 2 aromatic carbocycles. The highest BCUT2D eigenvalue weighted by molar-refractivity contribution is 5.94. The molecule has 9 atom stereocenters. The number of rotatable bonds is 8. The molecular formula is C48H69N5O8. The monoisotopic (exact) mass is 844 g/mol. The number of para-hydroxylation sites is 1. The molecule has 4 unspecified atom stereocenters. The van der Waals surface area contributed by atoms with E-state index in [0.29, 0.717) is 88.1 Å². The minimum Gasteiger partial charge on any atom is -0.496 e. The summed E-state index contributed by atoms with van der Waals surface area (Å²) in [5, 5.41) is 51.4. The van der Waals surface area contributed by atoms with Crippen molar-refractivity contribution in [1.29, 1.82) is 0 Å². The van der Waals surface area contributed by atoms with E-state index in [1.54, 1.807) is 14.0 Å². The van der Waals surface area contributed by atoms with E-state index >= 15 is 4.79 Å². The fourth-order valence-electron chi connectivity index (χ4n) is 11.9. The smallest absolute Gasteiger partial charge is 0.322 e. The van der Waals surface area contributed by atoms with Crippen LogP contribution in [0.25, 0.3) is 10.9 Å². The number of anilines is 1. The molecular weight excluding hydrogens is 775 g/mol. The Hall–Kier alpha value is -3.98. The largest absolute Gasteiger partial charge is 0.496 e. The van der Waals surface area contributed by atoms with Gasteiger partial charge in [-0.1, -0.05) is 51.1 Å². The summed E-state index contributed by atoms with van der Waals surface area (Å²) in [6.07, 6.45) is 5.94. The number of aromatic amines is 1. The Morgan fingerprint density at radius 3 is 2.48 bits per heavy atom. The number of hydrogen-bond donors (Lipinski definition) is 6. The maximum atomic E-state index is 15.2. The van der Waals surface area contributed by atoms with Crippen molar-refractivity contribution in [2.45, 2.75) is 120 Å². The summed E-state index contributed by atoms with van der Waals surface area (Å²) in [4.78, 5) is 39.7. The number of amides is 1. The minimum absolute atomic E-state index is 0.0850. The summed E-state index contributed by atoms with van der Waals surface area (Å²) >= 11 is 0. The van der Waals surface area contributed by atoms with Gasteiger partial charge in [-0.25, -0.2) is 0 Å². The van der Waals surface area contributed by atoms with E-state index in [1.165, 1.54) is 7.11 Å². The molecule has 13 nitrogen and oxygen atoms in total. The molecule has 6 N–H and O–H groups in total. The SMILES string of the molecule is CCC1(O)C[C@@H](C)C[C@](C(=O)OC)(c2cc3c(cc2OC)N(C)C2CC4N(CC=C[C@@]4(CC)[C@@H](O)[C@]2(O)C(=O)NCC(C)O)CCC3)c2[nH]c3ccccc3c2CCN(C)C1. The van der Waals surface area contributed by atoms with Crippen molar-refractivity contribution in [3.05, 3.63) is 70.9 Å². The number of aliphatic hydroxyl groups is 4. The standard InChI is InChI=1S/C48H69N5O8/c1-9-45(58)26-30(3)27-47(44(57)61-8,41-34(18-22-51(5)29-45)33-16-11-12-17-36(33)50-41)35-23-32-15-13-20-53-21-14-19-46(10-2)39(53)25-40(52(6)37(32)24-38(35)60-7)48(59,42(46)55)43(56)49-28-31(4)54/h11-12,14,16-17,19,23-24,30-31,39-40,42,50,54-55,58-59H,9-10,13,15,18,20-22,25-29H2,1-8H3,(H,49,56)/t30-,31?,39?,40?,42-,45?,46-,47+,48+/m1/s1. The van der Waals surface area contributed by atoms with Crippen molar-refractivity contribution in [2.24, 2.45) is 11.3 Å². The number of aliphatic hydroxyl groups excluding tert-OH is 2. The number of carbonyl (C=O) groups excluding carboxylic acids is 2. The summed E-state index contributed by atoms with van der Waals surface area (Å²) in [7, 11) is 6.92. The summed E-state index contributed by atoms with van der Waals surface area (Å²) in [5.41, 5.74) is -0.634. The van der Waals surface area contributed by atoms with E-state index in [4.69, 9.17) is 9.47 Å². The first-order valence-electron chi connectivity index (χ1n) is 22.4. The van der Waals surface area contributed by atoms with Crippen molar-refractivity contribution in [3.8, 4) is 5.75 Å². The molecule has 1 amide bonds. The number of esters is 1. The zero-order chi connectivity index (χ0) is 44.1. The number of ether oxygens (including phenoxy) is 2. The zero-order valence-corrected chi connectivity index (χ0v) is 37.5. The second-order valence-electron chi connectivity index (χ2n) is 18.8. The number of hydrogen-bond acceptors (Lipinski definition) is 11. The highest BCUT2D eigenvalue weighted by atomic mass is 16.5. The molecule has 3 aromatic rings. The number of β-amino-alcohol motifs (C(OH)–C–C–N with tert-alkyl or cyclic N) is 1. The molecule has 61 heavy (non-hydrogen) atoms. The van der Waals surface area contributed by atoms with Crippen LogP contribution in [0.2, 0.25) is 0 Å². The highest BCUT2D eigenvalue weighted by Crippen LogP contribution is 2.54. The van der Waals surface area contributed by atoms with Crippen molar-refractivity contribution >= 4 is 28.5 Å². The Balaban J connectivity index is 1.47. The van der Waals surface area contributed by atoms with Crippen LogP contribution in [-0.4, -0.2) is 144 Å². The number of fused-ring (bicyclic) bond motifs is 5. The average Bonchev–Trinajstić information content (AvgIpc) is 3.62. The molecule has 2 bridgehead atoms. The zero-order valence-electron chi connectivity index (χ0n) is 37.5. The summed E-state index contributed by atoms with van der Waals surface area (Å²) < 4.78 is 12.2. The van der Waals surface area contributed by atoms with Gasteiger partial charge in [-0.2, -0.15) is 0 Å². The number of aryl methyl sites for hydroxylation is 1. The molecule has 3 aliphatic heterocycles. The molecule has 4 aliphatic rings. The molecule has 7 rings (SSSR count). The summed E-state index contributed by atoms with van der Waals surface area (Å²) in [5.74, 6) is -0.898. The van der Waals surface area contributed by atoms with Gasteiger partial charge in [-0.15, -0.1) is 0 Å². The van der Waals surface area contributed by atoms with Gasteiger partial charge in [0.15, 0.2) is 5.60 Å². The van der Waals surface area contributed by atoms with Crippen LogP contribution in [0, 0.1) is 11.3 Å². The van der Waals surface area contributed by atoms with Crippen LogP contribution < -0.4 is 15.0 Å². The van der Waals surface area contributed by atoms with Crippen LogP contribution in [0.1, 0.15) is 88.6 Å². The Morgan fingerprint density at radius 2 is 1.79 bits per heavy atom. The Morgan fingerprint density at radius 1 is 1.03 bits per heavy atom. The number of H-pyrrole nitrogens is 1. The van der Waals surface area contributed by atoms with E-state index in [1.807, 2.05) is 69.3 Å². The van der Waals surface area contributed by atoms with Gasteiger partial charge in [0.2, 0.25) is 0 Å². The third-order valence-electron chi connectivity index (χ3n) is 15.0. The molecule has 13 heteroatoms. The molecule has 1 aromatic heterocycles. The fraction of sp³-hybridized carbons (Fsp3) is 0.625. The maximum Gasteiger partial charge on any atom is 0.322 e. The van der Waals surface area contributed by atoms with E-state index in [2.05, 4.69) is 39.2 Å². The van der Waals surface area contributed by atoms with Gasteiger partial charge in [-0.05, 0) is 101 Å². The van der Waals surface area contributed by atoms with Gasteiger partial charge >= 0.3 is 5.97 Å². The second kappa shape index (κ2) is 17.3. The van der Waals surface area contributed by atoms with Crippen LogP contribution in [-0.2, 0) is 32.6 Å². The lowest BCUT2D eigenvalue weighted by atomic mass is 9.57. The Labute approximate surface area is 361 Å². The molecule has 1 saturated carbocycles. The highest BCUT2D eigenvalue weighted by Gasteiger charge is 2.66. The lowest BCUT2D eigenvalue weighted by Gasteiger charge is -2.61. The van der Waals surface area contributed by atoms with Gasteiger partial charge in [0.1, 0.15) is 17.3 Å². The van der Waals surface area contributed by atoms with E-state index in [-0.39, 0.29) is 18.5 Å². The Kier molecular flexibility index (Phi) is 12.8. The lowest BCUT2D eigenvalue weighted by molar-refractivity contribution is -0.195. The fourth-order valence-corrected chi connectivity index (χ4v) is 11.9. The number of methoxy groups -OCH3 is 2. The van der Waals surface area contributed by atoms with Crippen LogP contribution in [0.4, 0.5) is 5.69 Å². The first kappa shape index (κ1) is 45.1. The van der Waals surface area contributed by atoms with Gasteiger partial charge in [0, 0.05) is 78.6 Å². The van der Waals surface area contributed by atoms with Crippen LogP contribution >= 0.6 is 0 Å². The molecule has 4 heterocycles. The molecule has 0 saturated heterocycles. The van der Waals surface area contributed by atoms with Gasteiger partial charge in [0.05, 0.1) is 32.0 Å². The number of carbonyl (C=O) groups is 2. The van der Waals surface area contributed by atoms with Crippen molar-refractivity contribution < 1.29 is 39.5 Å². The molecule has 0 spiro atoms. The van der Waals surface area contributed by atoms with Crippen LogP contribution in [0.15, 0.2) is 48.6 Å². The summed E-state index contributed by atoms with van der Waals surface area (Å²) in [6.45, 7) is 10.1. The third-order valence-corrected chi connectivity index (χ3v) is 15.0. The van der Waals surface area contributed by atoms with Gasteiger partial charge < -0.3 is 50.0 Å². The number of aromatic nitrogens is 1. The average molecular weight is 844 g/mol. The number of nitrogens with zero attached hydrogens (tertiary/aromatic N) is 3. The predicted molar refractivity (Wildman–Crippen MR) is 237 cm³/mol. The number of benzene rings is 2.